The first kappa shape index (κ1) is 19.1. The number of benzene rings is 1. The number of aromatic nitrogens is 2. The zero-order valence-corrected chi connectivity index (χ0v) is 17.6. The monoisotopic (exact) mass is 419 g/mol. The Balaban J connectivity index is 1.60. The second-order valence-electron chi connectivity index (χ2n) is 6.59. The number of nitrogens with zero attached hydrogens (tertiary/aromatic N) is 3. The van der Waals surface area contributed by atoms with Gasteiger partial charge in [-0.05, 0) is 45.0 Å². The van der Waals surface area contributed by atoms with Crippen molar-refractivity contribution in [3.05, 3.63) is 46.3 Å². The zero-order chi connectivity index (χ0) is 19.9. The van der Waals surface area contributed by atoms with Crippen molar-refractivity contribution in [2.75, 3.05) is 13.2 Å². The van der Waals surface area contributed by atoms with Gasteiger partial charge in [-0.25, -0.2) is 13.4 Å². The summed E-state index contributed by atoms with van der Waals surface area (Å²) < 4.78 is 38.2. The lowest BCUT2D eigenvalue weighted by Gasteiger charge is -2.25. The number of ether oxygens (including phenoxy) is 1. The standard InChI is InChI=1S/C19H21N3O4S2/c1-4-25-15-7-5-14(6-8-15)19-20-16-9-10-22(11-17(16)27-19)28(23,24)18-12(2)21-26-13(18)3/h5-8H,4,9-11H2,1-3H3. The summed E-state index contributed by atoms with van der Waals surface area (Å²) in [6, 6.07) is 7.81. The van der Waals surface area contributed by atoms with Gasteiger partial charge < -0.3 is 9.26 Å². The molecule has 0 atom stereocenters. The molecule has 0 radical (unpaired) electrons. The Labute approximate surface area is 168 Å². The van der Waals surface area contributed by atoms with Gasteiger partial charge in [-0.15, -0.1) is 11.3 Å². The number of sulfonamides is 1. The Morgan fingerprint density at radius 1 is 1.25 bits per heavy atom. The molecule has 0 unspecified atom stereocenters. The number of fused-ring (bicyclic) bond motifs is 1. The smallest absolute Gasteiger partial charge is 0.248 e. The molecule has 0 saturated carbocycles. The Kier molecular flexibility index (Phi) is 4.98. The Morgan fingerprint density at radius 2 is 2.00 bits per heavy atom. The van der Waals surface area contributed by atoms with Gasteiger partial charge in [-0.3, -0.25) is 0 Å². The van der Waals surface area contributed by atoms with Crippen molar-refractivity contribution in [2.24, 2.45) is 0 Å². The number of hydrogen-bond acceptors (Lipinski definition) is 7. The van der Waals surface area contributed by atoms with E-state index in [2.05, 4.69) is 5.16 Å². The van der Waals surface area contributed by atoms with Gasteiger partial charge in [0, 0.05) is 23.4 Å². The van der Waals surface area contributed by atoms with Gasteiger partial charge in [0.25, 0.3) is 0 Å². The average molecular weight is 420 g/mol. The molecule has 1 aliphatic rings. The van der Waals surface area contributed by atoms with Crippen LogP contribution in [-0.4, -0.2) is 36.0 Å². The molecule has 1 aliphatic heterocycles. The first-order valence-electron chi connectivity index (χ1n) is 9.05. The van der Waals surface area contributed by atoms with Gasteiger partial charge in [0.1, 0.15) is 21.3 Å². The molecule has 0 fully saturated rings. The number of rotatable bonds is 5. The van der Waals surface area contributed by atoms with Crippen molar-refractivity contribution >= 4 is 21.4 Å². The van der Waals surface area contributed by atoms with Gasteiger partial charge in [0.05, 0.1) is 18.8 Å². The molecule has 148 valence electrons. The molecular weight excluding hydrogens is 398 g/mol. The minimum Gasteiger partial charge on any atom is -0.494 e. The van der Waals surface area contributed by atoms with Crippen LogP contribution in [-0.2, 0) is 23.0 Å². The van der Waals surface area contributed by atoms with E-state index in [1.807, 2.05) is 31.2 Å². The van der Waals surface area contributed by atoms with Crippen LogP contribution in [0, 0.1) is 13.8 Å². The molecule has 3 heterocycles. The molecule has 0 aliphatic carbocycles. The van der Waals surface area contributed by atoms with Crippen LogP contribution in [0.4, 0.5) is 0 Å². The molecule has 2 aromatic heterocycles. The van der Waals surface area contributed by atoms with Crippen molar-refractivity contribution < 1.29 is 17.7 Å². The third-order valence-corrected chi connectivity index (χ3v) is 7.90. The topological polar surface area (TPSA) is 85.5 Å². The largest absolute Gasteiger partial charge is 0.494 e. The van der Waals surface area contributed by atoms with E-state index in [9.17, 15) is 8.42 Å². The maximum absolute atomic E-state index is 13.1. The van der Waals surface area contributed by atoms with Gasteiger partial charge >= 0.3 is 0 Å². The number of hydrogen-bond donors (Lipinski definition) is 0. The average Bonchev–Trinajstić information content (AvgIpc) is 3.25. The molecule has 0 N–H and O–H groups in total. The van der Waals surface area contributed by atoms with E-state index >= 15 is 0 Å². The molecule has 4 rings (SSSR count). The Bertz CT molecular complexity index is 1080. The lowest BCUT2D eigenvalue weighted by atomic mass is 10.2. The SMILES string of the molecule is CCOc1ccc(-c2nc3c(s2)CN(S(=O)(=O)c2c(C)noc2C)CC3)cc1. The first-order valence-corrected chi connectivity index (χ1v) is 11.3. The van der Waals surface area contributed by atoms with E-state index in [4.69, 9.17) is 14.2 Å². The van der Waals surface area contributed by atoms with Gasteiger partial charge in [-0.2, -0.15) is 4.31 Å². The highest BCUT2D eigenvalue weighted by atomic mass is 32.2. The van der Waals surface area contributed by atoms with E-state index in [-0.39, 0.29) is 4.90 Å². The van der Waals surface area contributed by atoms with Crippen LogP contribution in [0.1, 0.15) is 28.9 Å². The fourth-order valence-corrected chi connectivity index (χ4v) is 6.24. The minimum absolute atomic E-state index is 0.173. The zero-order valence-electron chi connectivity index (χ0n) is 15.9. The molecule has 0 saturated heterocycles. The summed E-state index contributed by atoms with van der Waals surface area (Å²) in [6.07, 6.45) is 0.589. The maximum atomic E-state index is 13.1. The lowest BCUT2D eigenvalue weighted by Crippen LogP contribution is -2.36. The van der Waals surface area contributed by atoms with E-state index in [0.717, 1.165) is 26.9 Å². The molecule has 1 aromatic carbocycles. The molecular formula is C19H21N3O4S2. The highest BCUT2D eigenvalue weighted by Crippen LogP contribution is 2.35. The molecule has 0 amide bonds. The molecule has 0 spiro atoms. The normalized spacial score (nSPS) is 14.8. The van der Waals surface area contributed by atoms with Crippen LogP contribution < -0.4 is 4.74 Å². The van der Waals surface area contributed by atoms with Crippen LogP contribution in [0.25, 0.3) is 10.6 Å². The summed E-state index contributed by atoms with van der Waals surface area (Å²) in [5.41, 5.74) is 2.37. The molecule has 0 bridgehead atoms. The van der Waals surface area contributed by atoms with Gasteiger partial charge in [-0.1, -0.05) is 5.16 Å². The third kappa shape index (κ3) is 3.34. The van der Waals surface area contributed by atoms with Gasteiger partial charge in [0.2, 0.25) is 10.0 Å². The van der Waals surface area contributed by atoms with Gasteiger partial charge in [0.15, 0.2) is 5.76 Å². The first-order chi connectivity index (χ1) is 13.4. The van der Waals surface area contributed by atoms with Crippen LogP contribution in [0.5, 0.6) is 5.75 Å². The second-order valence-corrected chi connectivity index (χ2v) is 9.55. The van der Waals surface area contributed by atoms with E-state index in [1.54, 1.807) is 13.8 Å². The predicted molar refractivity (Wildman–Crippen MR) is 106 cm³/mol. The second kappa shape index (κ2) is 7.31. The number of aryl methyl sites for hydroxylation is 2. The van der Waals surface area contributed by atoms with Crippen molar-refractivity contribution in [3.8, 4) is 16.3 Å². The summed E-state index contributed by atoms with van der Waals surface area (Å²) in [7, 11) is -3.65. The highest BCUT2D eigenvalue weighted by molar-refractivity contribution is 7.89. The minimum atomic E-state index is -3.65. The molecule has 28 heavy (non-hydrogen) atoms. The van der Waals surface area contributed by atoms with E-state index in [1.165, 1.54) is 15.6 Å². The number of thiazole rings is 1. The van der Waals surface area contributed by atoms with Crippen molar-refractivity contribution in [3.63, 3.8) is 0 Å². The van der Waals surface area contributed by atoms with Crippen molar-refractivity contribution in [2.45, 2.75) is 38.6 Å². The van der Waals surface area contributed by atoms with Crippen molar-refractivity contribution in [1.29, 1.82) is 0 Å². The quantitative estimate of drug-likeness (QED) is 0.629. The molecule has 7 nitrogen and oxygen atoms in total. The predicted octanol–water partition coefficient (Wildman–Crippen LogP) is 3.56. The Morgan fingerprint density at radius 3 is 2.64 bits per heavy atom. The summed E-state index contributed by atoms with van der Waals surface area (Å²) >= 11 is 1.54. The highest BCUT2D eigenvalue weighted by Gasteiger charge is 2.34. The van der Waals surface area contributed by atoms with E-state index < -0.39 is 10.0 Å². The lowest BCUT2D eigenvalue weighted by molar-refractivity contribution is 0.340. The van der Waals surface area contributed by atoms with Crippen molar-refractivity contribution in [1.82, 2.24) is 14.4 Å². The Hall–Kier alpha value is -2.23. The molecule has 3 aromatic rings. The summed E-state index contributed by atoms with van der Waals surface area (Å²) in [6.45, 7) is 6.56. The summed E-state index contributed by atoms with van der Waals surface area (Å²) in [5, 5.41) is 4.68. The molecule has 9 heteroatoms. The van der Waals surface area contributed by atoms with Crippen LogP contribution in [0.3, 0.4) is 0 Å². The van der Waals surface area contributed by atoms with E-state index in [0.29, 0.717) is 37.6 Å². The summed E-state index contributed by atoms with van der Waals surface area (Å²) in [5.74, 6) is 1.15. The maximum Gasteiger partial charge on any atom is 0.248 e. The van der Waals surface area contributed by atoms with Crippen LogP contribution in [0.15, 0.2) is 33.7 Å². The fourth-order valence-electron chi connectivity index (χ4n) is 3.33. The van der Waals surface area contributed by atoms with Crippen LogP contribution >= 0.6 is 11.3 Å². The van der Waals surface area contributed by atoms with Crippen LogP contribution in [0.2, 0.25) is 0 Å². The summed E-state index contributed by atoms with van der Waals surface area (Å²) in [4.78, 5) is 5.89. The third-order valence-electron chi connectivity index (χ3n) is 4.67. The fraction of sp³-hybridized carbons (Fsp3) is 0.368.